The molecule has 0 radical (unpaired) electrons. The third kappa shape index (κ3) is 3.53. The van der Waals surface area contributed by atoms with Crippen molar-refractivity contribution in [2.24, 2.45) is 11.3 Å². The Kier molecular flexibility index (Phi) is 5.04. The number of ether oxygens (including phenoxy) is 1. The Balaban J connectivity index is 1.59. The summed E-state index contributed by atoms with van der Waals surface area (Å²) < 4.78 is 7.23. The number of hydrogen-bond donors (Lipinski definition) is 0. The van der Waals surface area contributed by atoms with Crippen LogP contribution in [0.4, 0.5) is 0 Å². The fraction of sp³-hybridized carbons (Fsp3) is 0.545. The highest BCUT2D eigenvalue weighted by atomic mass is 16.5. The van der Waals surface area contributed by atoms with Crippen LogP contribution >= 0.6 is 0 Å². The zero-order chi connectivity index (χ0) is 18.9. The molecule has 1 spiro atoms. The Hall–Kier alpha value is -2.14. The first-order valence-electron chi connectivity index (χ1n) is 10.00. The summed E-state index contributed by atoms with van der Waals surface area (Å²) in [6.07, 6.45) is 8.13. The van der Waals surface area contributed by atoms with E-state index in [-0.39, 0.29) is 5.56 Å². The molecule has 144 valence electrons. The van der Waals surface area contributed by atoms with E-state index in [1.165, 1.54) is 32.2 Å². The fourth-order valence-electron chi connectivity index (χ4n) is 5.16. The van der Waals surface area contributed by atoms with Crippen LogP contribution in [0, 0.1) is 11.3 Å². The molecule has 1 aromatic heterocycles. The molecular weight excluding hydrogens is 338 g/mol. The minimum absolute atomic E-state index is 0.0259. The van der Waals surface area contributed by atoms with Gasteiger partial charge in [0, 0.05) is 24.7 Å². The van der Waals surface area contributed by atoms with Crippen molar-refractivity contribution in [2.45, 2.75) is 38.6 Å². The average Bonchev–Trinajstić information content (AvgIpc) is 3.14. The molecule has 0 bridgehead atoms. The maximum Gasteiger partial charge on any atom is 0.253 e. The number of hydrogen-bond acceptors (Lipinski definition) is 4. The molecule has 1 aliphatic carbocycles. The highest BCUT2D eigenvalue weighted by Gasteiger charge is 2.44. The van der Waals surface area contributed by atoms with E-state index in [1.807, 2.05) is 28.8 Å². The Labute approximate surface area is 161 Å². The zero-order valence-corrected chi connectivity index (χ0v) is 16.4. The molecule has 27 heavy (non-hydrogen) atoms. The van der Waals surface area contributed by atoms with Crippen molar-refractivity contribution in [3.8, 4) is 17.0 Å². The molecule has 2 aliphatic rings. The van der Waals surface area contributed by atoms with Crippen LogP contribution in [0.15, 0.2) is 41.5 Å². The monoisotopic (exact) mass is 367 g/mol. The van der Waals surface area contributed by atoms with Crippen molar-refractivity contribution in [3.63, 3.8) is 0 Å². The normalized spacial score (nSPS) is 22.2. The summed E-state index contributed by atoms with van der Waals surface area (Å²) in [4.78, 5) is 19.9. The van der Waals surface area contributed by atoms with E-state index in [0.717, 1.165) is 30.8 Å². The molecule has 5 nitrogen and oxygen atoms in total. The van der Waals surface area contributed by atoms with Gasteiger partial charge in [-0.3, -0.25) is 9.36 Å². The lowest BCUT2D eigenvalue weighted by Gasteiger charge is -2.45. The smallest absolute Gasteiger partial charge is 0.253 e. The molecular formula is C22H29N3O2. The average molecular weight is 367 g/mol. The van der Waals surface area contributed by atoms with Crippen LogP contribution in [-0.2, 0) is 6.54 Å². The Morgan fingerprint density at radius 1 is 1.26 bits per heavy atom. The largest absolute Gasteiger partial charge is 0.496 e. The highest BCUT2D eigenvalue weighted by molar-refractivity contribution is 5.66. The van der Waals surface area contributed by atoms with Crippen molar-refractivity contribution in [1.29, 1.82) is 0 Å². The molecule has 2 fully saturated rings. The van der Waals surface area contributed by atoms with Gasteiger partial charge in [-0.15, -0.1) is 0 Å². The number of aromatic nitrogens is 2. The molecule has 2 heterocycles. The second kappa shape index (κ2) is 7.47. The first-order chi connectivity index (χ1) is 13.1. The van der Waals surface area contributed by atoms with E-state index in [4.69, 9.17) is 4.74 Å². The number of benzene rings is 1. The molecule has 0 amide bonds. The number of nitrogens with zero attached hydrogens (tertiary/aromatic N) is 3. The van der Waals surface area contributed by atoms with Gasteiger partial charge in [0.05, 0.1) is 19.1 Å². The van der Waals surface area contributed by atoms with Crippen LogP contribution in [0.5, 0.6) is 5.75 Å². The SMILES string of the molecule is COc1ccccc1-c1cc(=O)n(C[C@@H]2CCN(C)CC23CCCC3)cn1. The Morgan fingerprint density at radius 3 is 2.78 bits per heavy atom. The highest BCUT2D eigenvalue weighted by Crippen LogP contribution is 2.48. The summed E-state index contributed by atoms with van der Waals surface area (Å²) in [6.45, 7) is 3.07. The van der Waals surface area contributed by atoms with E-state index in [9.17, 15) is 4.79 Å². The second-order valence-corrected chi connectivity index (χ2v) is 8.26. The van der Waals surface area contributed by atoms with E-state index in [0.29, 0.717) is 17.0 Å². The van der Waals surface area contributed by atoms with Crippen LogP contribution < -0.4 is 10.3 Å². The number of likely N-dealkylation sites (tertiary alicyclic amines) is 1. The number of rotatable bonds is 4. The minimum atomic E-state index is 0.0259. The third-order valence-corrected chi connectivity index (χ3v) is 6.59. The molecule has 1 saturated carbocycles. The summed E-state index contributed by atoms with van der Waals surface area (Å²) >= 11 is 0. The van der Waals surface area contributed by atoms with Gasteiger partial charge in [0.15, 0.2) is 0 Å². The van der Waals surface area contributed by atoms with Crippen LogP contribution in [0.1, 0.15) is 32.1 Å². The summed E-state index contributed by atoms with van der Waals surface area (Å²) in [6, 6.07) is 9.34. The predicted octanol–water partition coefficient (Wildman–Crippen LogP) is 3.43. The predicted molar refractivity (Wildman–Crippen MR) is 107 cm³/mol. The van der Waals surface area contributed by atoms with Gasteiger partial charge in [-0.2, -0.15) is 0 Å². The topological polar surface area (TPSA) is 47.4 Å². The van der Waals surface area contributed by atoms with Gasteiger partial charge >= 0.3 is 0 Å². The standard InChI is InChI=1S/C22H29N3O2/c1-24-12-9-17(22(15-24)10-5-6-11-22)14-25-16-23-19(13-21(25)26)18-7-3-4-8-20(18)27-2/h3-4,7-8,13,16-17H,5-6,9-12,14-15H2,1-2H3/t17-/m0/s1. The van der Waals surface area contributed by atoms with Gasteiger partial charge in [-0.25, -0.2) is 4.98 Å². The summed E-state index contributed by atoms with van der Waals surface area (Å²) in [7, 11) is 3.87. The molecule has 2 aromatic rings. The van der Waals surface area contributed by atoms with E-state index >= 15 is 0 Å². The van der Waals surface area contributed by atoms with E-state index in [1.54, 1.807) is 19.5 Å². The lowest BCUT2D eigenvalue weighted by molar-refractivity contribution is 0.0345. The van der Waals surface area contributed by atoms with Gasteiger partial charge in [-0.05, 0) is 56.3 Å². The lowest BCUT2D eigenvalue weighted by Crippen LogP contribution is -2.47. The summed E-state index contributed by atoms with van der Waals surface area (Å²) in [5, 5.41) is 0. The lowest BCUT2D eigenvalue weighted by atomic mass is 9.69. The van der Waals surface area contributed by atoms with Crippen LogP contribution in [-0.4, -0.2) is 41.7 Å². The molecule has 1 atom stereocenters. The summed E-state index contributed by atoms with van der Waals surface area (Å²) in [5.74, 6) is 1.30. The molecule has 1 saturated heterocycles. The molecule has 4 rings (SSSR count). The Bertz CT molecular complexity index is 855. The quantitative estimate of drug-likeness (QED) is 0.831. The van der Waals surface area contributed by atoms with Gasteiger partial charge in [0.1, 0.15) is 5.75 Å². The third-order valence-electron chi connectivity index (χ3n) is 6.59. The molecule has 0 unspecified atom stereocenters. The number of methoxy groups -OCH3 is 1. The molecule has 5 heteroatoms. The van der Waals surface area contributed by atoms with E-state index < -0.39 is 0 Å². The minimum Gasteiger partial charge on any atom is -0.496 e. The zero-order valence-electron chi connectivity index (χ0n) is 16.4. The van der Waals surface area contributed by atoms with Gasteiger partial charge in [0.25, 0.3) is 5.56 Å². The maximum atomic E-state index is 12.8. The molecule has 1 aliphatic heterocycles. The van der Waals surface area contributed by atoms with Gasteiger partial charge in [0.2, 0.25) is 0 Å². The van der Waals surface area contributed by atoms with Crippen molar-refractivity contribution >= 4 is 0 Å². The fourth-order valence-corrected chi connectivity index (χ4v) is 5.16. The maximum absolute atomic E-state index is 12.8. The second-order valence-electron chi connectivity index (χ2n) is 8.26. The number of piperidine rings is 1. The van der Waals surface area contributed by atoms with Crippen LogP contribution in [0.3, 0.4) is 0 Å². The van der Waals surface area contributed by atoms with Crippen molar-refractivity contribution in [3.05, 3.63) is 47.0 Å². The van der Waals surface area contributed by atoms with Crippen molar-refractivity contribution in [2.75, 3.05) is 27.2 Å². The van der Waals surface area contributed by atoms with E-state index in [2.05, 4.69) is 16.9 Å². The van der Waals surface area contributed by atoms with Gasteiger partial charge < -0.3 is 9.64 Å². The number of para-hydroxylation sites is 1. The van der Waals surface area contributed by atoms with Crippen LogP contribution in [0.25, 0.3) is 11.3 Å². The Morgan fingerprint density at radius 2 is 2.04 bits per heavy atom. The van der Waals surface area contributed by atoms with Crippen molar-refractivity contribution < 1.29 is 4.74 Å². The van der Waals surface area contributed by atoms with Gasteiger partial charge in [-0.1, -0.05) is 25.0 Å². The molecule has 1 aromatic carbocycles. The molecule has 0 N–H and O–H groups in total. The first kappa shape index (κ1) is 18.2. The van der Waals surface area contributed by atoms with Crippen LogP contribution in [0.2, 0.25) is 0 Å². The first-order valence-corrected chi connectivity index (χ1v) is 10.00. The summed E-state index contributed by atoms with van der Waals surface area (Å²) in [5.41, 5.74) is 1.94. The van der Waals surface area contributed by atoms with Crippen molar-refractivity contribution in [1.82, 2.24) is 14.5 Å².